The number of carbonyl (C=O) groups excluding carboxylic acids is 2. The largest absolute Gasteiger partial charge is 0.464 e. The first-order valence-electron chi connectivity index (χ1n) is 7.53. The van der Waals surface area contributed by atoms with Crippen LogP contribution in [-0.2, 0) is 21.4 Å². The molecule has 0 unspecified atom stereocenters. The van der Waals surface area contributed by atoms with Gasteiger partial charge in [0.25, 0.3) is 0 Å². The van der Waals surface area contributed by atoms with Crippen molar-refractivity contribution in [2.75, 3.05) is 19.7 Å². The third-order valence-electron chi connectivity index (χ3n) is 3.93. The maximum Gasteiger partial charge on any atom is 0.331 e. The van der Waals surface area contributed by atoms with E-state index >= 15 is 0 Å². The number of amides is 1. The predicted molar refractivity (Wildman–Crippen MR) is 88.4 cm³/mol. The Balaban J connectivity index is 0.00000264. The molecule has 1 aliphatic rings. The number of hydrogen-bond donors (Lipinski definition) is 2. The van der Waals surface area contributed by atoms with Crippen molar-refractivity contribution in [1.82, 2.24) is 20.4 Å². The first-order valence-corrected chi connectivity index (χ1v) is 7.53. The fourth-order valence-electron chi connectivity index (χ4n) is 2.70. The lowest BCUT2D eigenvalue weighted by atomic mass is 9.89. The van der Waals surface area contributed by atoms with Crippen LogP contribution in [0.4, 0.5) is 0 Å². The Kier molecular flexibility index (Phi) is 6.58. The number of halogens is 1. The molecule has 130 valence electrons. The molecule has 2 atom stereocenters. The number of carbonyl (C=O) groups is 2. The van der Waals surface area contributed by atoms with Gasteiger partial charge in [0.1, 0.15) is 5.54 Å². The molecule has 0 aliphatic carbocycles. The second-order valence-electron chi connectivity index (χ2n) is 6.15. The molecule has 7 nitrogen and oxygen atoms in total. The third-order valence-corrected chi connectivity index (χ3v) is 3.93. The van der Waals surface area contributed by atoms with E-state index in [1.165, 1.54) is 0 Å². The Morgan fingerprint density at radius 1 is 1.48 bits per heavy atom. The number of ether oxygens (including phenoxy) is 1. The average molecular weight is 345 g/mol. The zero-order valence-electron chi connectivity index (χ0n) is 14.0. The van der Waals surface area contributed by atoms with Gasteiger partial charge >= 0.3 is 5.97 Å². The first kappa shape index (κ1) is 19.4. The summed E-state index contributed by atoms with van der Waals surface area (Å²) in [4.78, 5) is 24.5. The van der Waals surface area contributed by atoms with Gasteiger partial charge in [0.15, 0.2) is 0 Å². The van der Waals surface area contributed by atoms with Crippen molar-refractivity contribution in [3.63, 3.8) is 0 Å². The highest BCUT2D eigenvalue weighted by atomic mass is 35.5. The van der Waals surface area contributed by atoms with Crippen LogP contribution in [0.1, 0.15) is 32.3 Å². The van der Waals surface area contributed by atoms with E-state index in [-0.39, 0.29) is 30.2 Å². The summed E-state index contributed by atoms with van der Waals surface area (Å²) in [7, 11) is 1.85. The molecule has 2 heterocycles. The van der Waals surface area contributed by atoms with Crippen molar-refractivity contribution < 1.29 is 14.3 Å². The lowest BCUT2D eigenvalue weighted by Crippen LogP contribution is -2.53. The van der Waals surface area contributed by atoms with E-state index in [2.05, 4.69) is 15.7 Å². The lowest BCUT2D eigenvalue weighted by molar-refractivity contribution is -0.152. The third kappa shape index (κ3) is 4.45. The second kappa shape index (κ2) is 7.79. The monoisotopic (exact) mass is 344 g/mol. The highest BCUT2D eigenvalue weighted by Crippen LogP contribution is 2.28. The number of esters is 1. The van der Waals surface area contributed by atoms with Gasteiger partial charge in [-0.15, -0.1) is 12.4 Å². The zero-order valence-corrected chi connectivity index (χ0v) is 14.8. The quantitative estimate of drug-likeness (QED) is 0.764. The molecule has 0 saturated carbocycles. The van der Waals surface area contributed by atoms with Gasteiger partial charge < -0.3 is 15.4 Å². The van der Waals surface area contributed by atoms with E-state index in [9.17, 15) is 9.59 Å². The summed E-state index contributed by atoms with van der Waals surface area (Å²) in [6.45, 7) is 6.67. The number of nitrogens with zero attached hydrogens (tertiary/aromatic N) is 2. The summed E-state index contributed by atoms with van der Waals surface area (Å²) in [6.07, 6.45) is 3.71. The molecule has 1 saturated heterocycles. The highest BCUT2D eigenvalue weighted by molar-refractivity contribution is 5.89. The van der Waals surface area contributed by atoms with Crippen LogP contribution in [0.25, 0.3) is 0 Å². The lowest BCUT2D eigenvalue weighted by Gasteiger charge is -2.27. The van der Waals surface area contributed by atoms with Gasteiger partial charge in [0.05, 0.1) is 18.7 Å². The first-order chi connectivity index (χ1) is 10.3. The molecule has 2 rings (SSSR count). The van der Waals surface area contributed by atoms with Gasteiger partial charge in [0, 0.05) is 32.3 Å². The molecule has 23 heavy (non-hydrogen) atoms. The van der Waals surface area contributed by atoms with Crippen LogP contribution in [-0.4, -0.2) is 46.9 Å². The Morgan fingerprint density at radius 3 is 2.74 bits per heavy atom. The van der Waals surface area contributed by atoms with Crippen LogP contribution in [0.15, 0.2) is 12.4 Å². The van der Waals surface area contributed by atoms with E-state index < -0.39 is 11.5 Å². The molecule has 1 fully saturated rings. The van der Waals surface area contributed by atoms with Crippen LogP contribution in [0, 0.1) is 5.92 Å². The van der Waals surface area contributed by atoms with Crippen LogP contribution < -0.4 is 10.6 Å². The van der Waals surface area contributed by atoms with Gasteiger partial charge in [-0.25, -0.2) is 4.79 Å². The van der Waals surface area contributed by atoms with E-state index in [0.717, 1.165) is 12.1 Å². The van der Waals surface area contributed by atoms with Crippen molar-refractivity contribution in [3.8, 4) is 0 Å². The van der Waals surface area contributed by atoms with Crippen LogP contribution in [0.2, 0.25) is 0 Å². The Bertz CT molecular complexity index is 559. The zero-order chi connectivity index (χ0) is 16.3. The van der Waals surface area contributed by atoms with Gasteiger partial charge in [-0.1, -0.05) is 0 Å². The fourth-order valence-corrected chi connectivity index (χ4v) is 2.70. The van der Waals surface area contributed by atoms with Crippen LogP contribution >= 0.6 is 12.4 Å². The summed E-state index contributed by atoms with van der Waals surface area (Å²) in [5.74, 6) is -0.728. The van der Waals surface area contributed by atoms with E-state index in [1.54, 1.807) is 31.6 Å². The Hall–Kier alpha value is -1.60. The summed E-state index contributed by atoms with van der Waals surface area (Å²) in [6, 6.07) is 0. The predicted octanol–water partition coefficient (Wildman–Crippen LogP) is 0.603. The second-order valence-corrected chi connectivity index (χ2v) is 6.15. The summed E-state index contributed by atoms with van der Waals surface area (Å²) >= 11 is 0. The van der Waals surface area contributed by atoms with Gasteiger partial charge in [0.2, 0.25) is 5.91 Å². The minimum Gasteiger partial charge on any atom is -0.464 e. The van der Waals surface area contributed by atoms with E-state index in [4.69, 9.17) is 4.74 Å². The molecule has 2 N–H and O–H groups in total. The average Bonchev–Trinajstić information content (AvgIpc) is 3.06. The molecular weight excluding hydrogens is 320 g/mol. The van der Waals surface area contributed by atoms with Crippen molar-refractivity contribution in [3.05, 3.63) is 18.0 Å². The van der Waals surface area contributed by atoms with Crippen molar-refractivity contribution in [1.29, 1.82) is 0 Å². The molecule has 8 heteroatoms. The maximum absolute atomic E-state index is 12.6. The van der Waals surface area contributed by atoms with Gasteiger partial charge in [-0.2, -0.15) is 5.10 Å². The normalized spacial score (nSPS) is 20.7. The fraction of sp³-hybridized carbons (Fsp3) is 0.667. The topological polar surface area (TPSA) is 85.2 Å². The maximum atomic E-state index is 12.6. The molecular formula is C15H25ClN4O3. The Labute approximate surface area is 142 Å². The molecule has 1 aromatic heterocycles. The summed E-state index contributed by atoms with van der Waals surface area (Å²) in [5.41, 5.74) is -0.00332. The molecule has 1 aromatic rings. The number of rotatable bonds is 5. The van der Waals surface area contributed by atoms with Crippen LogP contribution in [0.5, 0.6) is 0 Å². The van der Waals surface area contributed by atoms with E-state index in [0.29, 0.717) is 13.2 Å². The number of aromatic nitrogens is 2. The molecule has 1 amide bonds. The van der Waals surface area contributed by atoms with Crippen molar-refractivity contribution in [2.24, 2.45) is 13.0 Å². The number of nitrogens with one attached hydrogen (secondary N) is 2. The molecule has 1 aliphatic heterocycles. The van der Waals surface area contributed by atoms with Gasteiger partial charge in [-0.3, -0.25) is 9.48 Å². The van der Waals surface area contributed by atoms with Gasteiger partial charge in [-0.05, 0) is 26.3 Å². The van der Waals surface area contributed by atoms with Crippen molar-refractivity contribution >= 4 is 24.3 Å². The molecule has 0 spiro atoms. The molecule has 0 radical (unpaired) electrons. The standard InChI is InChI=1S/C15H24N4O3.ClH/c1-5-22-14(21)15(2,3)18-13(20)12-8-16-7-11(12)10-6-17-19(4)9-10;/h6,9,11-12,16H,5,7-8H2,1-4H3,(H,18,20);1H/t11-,12+;/m1./s1. The smallest absolute Gasteiger partial charge is 0.331 e. The number of hydrogen-bond acceptors (Lipinski definition) is 5. The summed E-state index contributed by atoms with van der Waals surface area (Å²) in [5, 5.41) is 10.2. The SMILES string of the molecule is CCOC(=O)C(C)(C)NC(=O)[C@H]1CNC[C@@H]1c1cnn(C)c1.Cl. The number of aryl methyl sites for hydroxylation is 1. The molecule has 0 aromatic carbocycles. The van der Waals surface area contributed by atoms with Crippen molar-refractivity contribution in [2.45, 2.75) is 32.2 Å². The minimum absolute atomic E-state index is 0. The highest BCUT2D eigenvalue weighted by Gasteiger charge is 2.39. The van der Waals surface area contributed by atoms with E-state index in [1.807, 2.05) is 13.2 Å². The van der Waals surface area contributed by atoms with Crippen LogP contribution in [0.3, 0.4) is 0 Å². The molecule has 0 bridgehead atoms. The summed E-state index contributed by atoms with van der Waals surface area (Å²) < 4.78 is 6.73. The minimum atomic E-state index is -1.03. The Morgan fingerprint density at radius 2 is 2.17 bits per heavy atom.